The van der Waals surface area contributed by atoms with E-state index in [1.54, 1.807) is 0 Å². The second-order valence-corrected chi connectivity index (χ2v) is 3.75. The Morgan fingerprint density at radius 2 is 2.00 bits per heavy atom. The molecule has 0 aliphatic heterocycles. The minimum Gasteiger partial charge on any atom is -0.258 e. The van der Waals surface area contributed by atoms with E-state index in [1.165, 1.54) is 6.92 Å². The number of hydrogen-bond acceptors (Lipinski definition) is 2. The Hall–Kier alpha value is -1.11. The molecule has 0 aromatic heterocycles. The molecule has 0 radical (unpaired) electrons. The van der Waals surface area contributed by atoms with E-state index in [0.29, 0.717) is 11.1 Å². The van der Waals surface area contributed by atoms with Gasteiger partial charge in [0.25, 0.3) is 5.69 Å². The molecule has 1 aromatic rings. The Morgan fingerprint density at radius 3 is 2.38 bits per heavy atom. The molecule has 0 amide bonds. The third kappa shape index (κ3) is 2.52. The average Bonchev–Trinajstić information content (AvgIpc) is 2.15. The Balaban J connectivity index is 3.49. The highest BCUT2D eigenvalue weighted by Gasteiger charge is 2.38. The summed E-state index contributed by atoms with van der Waals surface area (Å²) in [5, 5.41) is 10.7. The van der Waals surface area contributed by atoms with Crippen LogP contribution in [-0.4, -0.2) is 4.92 Å². The maximum Gasteiger partial charge on any atom is 0.423 e. The molecule has 16 heavy (non-hydrogen) atoms. The molecule has 1 rings (SSSR count). The Kier molecular flexibility index (Phi) is 3.57. The van der Waals surface area contributed by atoms with E-state index in [9.17, 15) is 23.3 Å². The van der Waals surface area contributed by atoms with Crippen molar-refractivity contribution >= 4 is 21.6 Å². The monoisotopic (exact) mass is 297 g/mol. The Morgan fingerprint density at radius 1 is 1.44 bits per heavy atom. The third-order valence-corrected chi connectivity index (χ3v) is 2.70. The topological polar surface area (TPSA) is 43.1 Å². The number of halogens is 4. The molecule has 0 saturated carbocycles. The number of benzene rings is 1. The van der Waals surface area contributed by atoms with Crippen molar-refractivity contribution in [3.63, 3.8) is 0 Å². The van der Waals surface area contributed by atoms with Crippen molar-refractivity contribution in [2.45, 2.75) is 18.4 Å². The van der Waals surface area contributed by atoms with Crippen LogP contribution in [0.15, 0.2) is 12.1 Å². The smallest absolute Gasteiger partial charge is 0.258 e. The van der Waals surface area contributed by atoms with Crippen LogP contribution in [0.4, 0.5) is 18.9 Å². The second-order valence-electron chi connectivity index (χ2n) is 3.18. The fourth-order valence-corrected chi connectivity index (χ4v) is 1.86. The minimum atomic E-state index is -4.72. The molecule has 0 fully saturated rings. The predicted octanol–water partition coefficient (Wildman–Crippen LogP) is 3.82. The van der Waals surface area contributed by atoms with Crippen molar-refractivity contribution in [2.24, 2.45) is 0 Å². The van der Waals surface area contributed by atoms with E-state index in [-0.39, 0.29) is 5.33 Å². The molecule has 0 aliphatic carbocycles. The van der Waals surface area contributed by atoms with Gasteiger partial charge in [-0.1, -0.05) is 15.9 Å². The first-order valence-corrected chi connectivity index (χ1v) is 5.30. The Bertz CT molecular complexity index is 431. The van der Waals surface area contributed by atoms with Gasteiger partial charge in [0.15, 0.2) is 0 Å². The van der Waals surface area contributed by atoms with Gasteiger partial charge in [-0.2, -0.15) is 13.2 Å². The maximum absolute atomic E-state index is 12.5. The highest BCUT2D eigenvalue weighted by atomic mass is 79.9. The lowest BCUT2D eigenvalue weighted by molar-refractivity contribution is -0.388. The molecule has 0 saturated heterocycles. The molecule has 88 valence electrons. The summed E-state index contributed by atoms with van der Waals surface area (Å²) in [6.45, 7) is 1.53. The SMILES string of the molecule is Cc1cc([N+](=O)[O-])c(C(F)(F)F)cc1CBr. The van der Waals surface area contributed by atoms with Crippen LogP contribution in [-0.2, 0) is 11.5 Å². The van der Waals surface area contributed by atoms with Crippen LogP contribution >= 0.6 is 15.9 Å². The molecule has 7 heteroatoms. The zero-order valence-corrected chi connectivity index (χ0v) is 9.72. The number of aryl methyl sites for hydroxylation is 1. The first-order chi connectivity index (χ1) is 7.27. The molecule has 3 nitrogen and oxygen atoms in total. The van der Waals surface area contributed by atoms with Gasteiger partial charge in [0.05, 0.1) is 4.92 Å². The third-order valence-electron chi connectivity index (χ3n) is 2.10. The first-order valence-electron chi connectivity index (χ1n) is 4.18. The predicted molar refractivity (Wildman–Crippen MR) is 55.5 cm³/mol. The van der Waals surface area contributed by atoms with E-state index in [4.69, 9.17) is 0 Å². The molecule has 0 atom stereocenters. The van der Waals surface area contributed by atoms with Crippen molar-refractivity contribution in [1.82, 2.24) is 0 Å². The van der Waals surface area contributed by atoms with E-state index in [2.05, 4.69) is 15.9 Å². The summed E-state index contributed by atoms with van der Waals surface area (Å²) in [5.41, 5.74) is -1.28. The van der Waals surface area contributed by atoms with Crippen LogP contribution in [0.3, 0.4) is 0 Å². The average molecular weight is 298 g/mol. The minimum absolute atomic E-state index is 0.222. The van der Waals surface area contributed by atoms with Gasteiger partial charge in [-0.25, -0.2) is 0 Å². The summed E-state index contributed by atoms with van der Waals surface area (Å²) in [7, 11) is 0. The van der Waals surface area contributed by atoms with Gasteiger partial charge in [-0.05, 0) is 24.1 Å². The van der Waals surface area contributed by atoms with Crippen molar-refractivity contribution in [1.29, 1.82) is 0 Å². The van der Waals surface area contributed by atoms with Gasteiger partial charge in [0.2, 0.25) is 0 Å². The highest BCUT2D eigenvalue weighted by molar-refractivity contribution is 9.08. The molecule has 0 bridgehead atoms. The van der Waals surface area contributed by atoms with Gasteiger partial charge in [-0.15, -0.1) is 0 Å². The summed E-state index contributed by atoms with van der Waals surface area (Å²) < 4.78 is 37.6. The van der Waals surface area contributed by atoms with Gasteiger partial charge in [-0.3, -0.25) is 10.1 Å². The first kappa shape index (κ1) is 13.0. The quantitative estimate of drug-likeness (QED) is 0.473. The number of hydrogen-bond donors (Lipinski definition) is 0. The number of nitro groups is 1. The van der Waals surface area contributed by atoms with Gasteiger partial charge in [0, 0.05) is 11.4 Å². The van der Waals surface area contributed by atoms with Crippen molar-refractivity contribution in [3.8, 4) is 0 Å². The van der Waals surface area contributed by atoms with Gasteiger partial charge < -0.3 is 0 Å². The van der Waals surface area contributed by atoms with Crippen LogP contribution < -0.4 is 0 Å². The number of alkyl halides is 4. The molecular formula is C9H7BrF3NO2. The van der Waals surface area contributed by atoms with E-state index in [1.807, 2.05) is 0 Å². The summed E-state index contributed by atoms with van der Waals surface area (Å²) in [4.78, 5) is 9.49. The molecular weight excluding hydrogens is 291 g/mol. The van der Waals surface area contributed by atoms with Crippen LogP contribution in [0.25, 0.3) is 0 Å². The van der Waals surface area contributed by atoms with E-state index in [0.717, 1.165) is 12.1 Å². The lowest BCUT2D eigenvalue weighted by atomic mass is 10.0. The zero-order chi connectivity index (χ0) is 12.5. The molecule has 0 aliphatic rings. The fourth-order valence-electron chi connectivity index (χ4n) is 1.26. The molecule has 1 aromatic carbocycles. The van der Waals surface area contributed by atoms with E-state index >= 15 is 0 Å². The number of nitro benzene ring substituents is 1. The second kappa shape index (κ2) is 4.40. The normalized spacial score (nSPS) is 11.6. The van der Waals surface area contributed by atoms with E-state index < -0.39 is 22.4 Å². The maximum atomic E-state index is 12.5. The standard InChI is InChI=1S/C9H7BrF3NO2/c1-5-2-8(14(15)16)7(9(11,12)13)3-6(5)4-10/h2-3H,4H2,1H3. The summed E-state index contributed by atoms with van der Waals surface area (Å²) in [6.07, 6.45) is -4.72. The van der Waals surface area contributed by atoms with Crippen molar-refractivity contribution in [3.05, 3.63) is 38.9 Å². The van der Waals surface area contributed by atoms with Crippen LogP contribution in [0.1, 0.15) is 16.7 Å². The van der Waals surface area contributed by atoms with Crippen LogP contribution in [0.2, 0.25) is 0 Å². The van der Waals surface area contributed by atoms with Crippen LogP contribution in [0.5, 0.6) is 0 Å². The van der Waals surface area contributed by atoms with Gasteiger partial charge >= 0.3 is 6.18 Å². The zero-order valence-electron chi connectivity index (χ0n) is 8.14. The highest BCUT2D eigenvalue weighted by Crippen LogP contribution is 2.37. The van der Waals surface area contributed by atoms with Gasteiger partial charge in [0.1, 0.15) is 5.56 Å². The van der Waals surface area contributed by atoms with Crippen molar-refractivity contribution in [2.75, 3.05) is 0 Å². The molecule has 0 unspecified atom stereocenters. The molecule has 0 N–H and O–H groups in total. The lowest BCUT2D eigenvalue weighted by Gasteiger charge is -2.10. The fraction of sp³-hybridized carbons (Fsp3) is 0.333. The van der Waals surface area contributed by atoms with Crippen molar-refractivity contribution < 1.29 is 18.1 Å². The van der Waals surface area contributed by atoms with Crippen LogP contribution in [0, 0.1) is 17.0 Å². The molecule has 0 spiro atoms. The summed E-state index contributed by atoms with van der Waals surface area (Å²) in [6, 6.07) is 1.75. The lowest BCUT2D eigenvalue weighted by Crippen LogP contribution is -2.10. The summed E-state index contributed by atoms with van der Waals surface area (Å²) >= 11 is 3.03. The number of rotatable bonds is 2. The Labute approximate surface area is 97.5 Å². The molecule has 0 heterocycles. The number of nitrogens with zero attached hydrogens (tertiary/aromatic N) is 1. The largest absolute Gasteiger partial charge is 0.423 e. The summed E-state index contributed by atoms with van der Waals surface area (Å²) in [5.74, 6) is 0.